The molecule has 6 nitrogen and oxygen atoms in total. The summed E-state index contributed by atoms with van der Waals surface area (Å²) in [5.41, 5.74) is 0. The molecule has 0 saturated carbocycles. The fraction of sp³-hybridized carbons (Fsp3) is 0.750. The number of hydrogen-bond acceptors (Lipinski definition) is 6. The largest absolute Gasteiger partial charge is 0.379 e. The lowest BCUT2D eigenvalue weighted by Crippen LogP contribution is -2.52. The lowest BCUT2D eigenvalue weighted by molar-refractivity contribution is 0.0126. The first-order valence-electron chi connectivity index (χ1n) is 6.69. The van der Waals surface area contributed by atoms with Gasteiger partial charge in [-0.05, 0) is 0 Å². The van der Waals surface area contributed by atoms with Crippen LogP contribution < -0.4 is 5.32 Å². The van der Waals surface area contributed by atoms with Gasteiger partial charge in [-0.15, -0.1) is 0 Å². The summed E-state index contributed by atoms with van der Waals surface area (Å²) in [5, 5.41) is 3.85. The Morgan fingerprint density at radius 3 is 2.42 bits per heavy atom. The zero-order valence-corrected chi connectivity index (χ0v) is 11.6. The summed E-state index contributed by atoms with van der Waals surface area (Å²) in [6.07, 6.45) is 1.81. The quantitative estimate of drug-likeness (QED) is 0.689. The van der Waals surface area contributed by atoms with E-state index in [-0.39, 0.29) is 6.29 Å². The van der Waals surface area contributed by atoms with Gasteiger partial charge < -0.3 is 19.7 Å². The molecule has 3 heterocycles. The maximum absolute atomic E-state index is 6.20. The van der Waals surface area contributed by atoms with Crippen molar-refractivity contribution in [1.29, 1.82) is 0 Å². The first kappa shape index (κ1) is 13.2. The van der Waals surface area contributed by atoms with E-state index in [1.807, 2.05) is 6.08 Å². The van der Waals surface area contributed by atoms with Crippen LogP contribution in [0, 0.1) is 0 Å². The first-order chi connectivity index (χ1) is 9.33. The van der Waals surface area contributed by atoms with E-state index in [2.05, 4.69) is 15.1 Å². The Balaban J connectivity index is 1.71. The number of ether oxygens (including phenoxy) is 2. The molecule has 106 valence electrons. The van der Waals surface area contributed by atoms with Crippen molar-refractivity contribution in [2.45, 2.75) is 6.29 Å². The van der Waals surface area contributed by atoms with Crippen LogP contribution in [0.4, 0.5) is 0 Å². The van der Waals surface area contributed by atoms with Gasteiger partial charge in [0, 0.05) is 32.3 Å². The van der Waals surface area contributed by atoms with Gasteiger partial charge >= 0.3 is 0 Å². The molecular formula is C12H19ClN4O2. The summed E-state index contributed by atoms with van der Waals surface area (Å²) in [5.74, 6) is 0.948. The molecule has 0 aromatic rings. The maximum atomic E-state index is 6.20. The average Bonchev–Trinajstić information content (AvgIpc) is 2.48. The summed E-state index contributed by atoms with van der Waals surface area (Å²) >= 11 is 6.20. The Morgan fingerprint density at radius 2 is 1.74 bits per heavy atom. The lowest BCUT2D eigenvalue weighted by atomic mass is 10.3. The van der Waals surface area contributed by atoms with Gasteiger partial charge in [0.05, 0.1) is 26.4 Å². The Labute approximate surface area is 118 Å². The van der Waals surface area contributed by atoms with Crippen LogP contribution in [0.2, 0.25) is 0 Å². The second-order valence-corrected chi connectivity index (χ2v) is 5.15. The first-order valence-corrected chi connectivity index (χ1v) is 7.07. The molecule has 2 saturated heterocycles. The van der Waals surface area contributed by atoms with Crippen molar-refractivity contribution in [3.8, 4) is 0 Å². The predicted octanol–water partition coefficient (Wildman–Crippen LogP) is 0.0163. The molecule has 1 unspecified atom stereocenters. The predicted molar refractivity (Wildman–Crippen MR) is 73.1 cm³/mol. The fourth-order valence-electron chi connectivity index (χ4n) is 2.43. The average molecular weight is 287 g/mol. The minimum Gasteiger partial charge on any atom is -0.379 e. The summed E-state index contributed by atoms with van der Waals surface area (Å²) in [6.45, 7) is 6.50. The highest BCUT2D eigenvalue weighted by Crippen LogP contribution is 2.14. The van der Waals surface area contributed by atoms with Gasteiger partial charge in [-0.2, -0.15) is 0 Å². The molecule has 7 heteroatoms. The summed E-state index contributed by atoms with van der Waals surface area (Å²) in [7, 11) is 0. The number of rotatable bonds is 1. The van der Waals surface area contributed by atoms with E-state index in [1.165, 1.54) is 0 Å². The number of amidine groups is 1. The molecule has 3 aliphatic rings. The van der Waals surface area contributed by atoms with E-state index < -0.39 is 0 Å². The van der Waals surface area contributed by atoms with Crippen molar-refractivity contribution in [3.63, 3.8) is 0 Å². The second-order valence-electron chi connectivity index (χ2n) is 4.75. The van der Waals surface area contributed by atoms with Crippen molar-refractivity contribution < 1.29 is 9.47 Å². The number of nitrogens with zero attached hydrogens (tertiary/aromatic N) is 3. The van der Waals surface area contributed by atoms with Crippen LogP contribution in [0.3, 0.4) is 0 Å². The van der Waals surface area contributed by atoms with Crippen molar-refractivity contribution >= 4 is 17.4 Å². The van der Waals surface area contributed by atoms with E-state index in [0.717, 1.165) is 58.4 Å². The molecule has 0 aromatic heterocycles. The molecule has 0 bridgehead atoms. The highest BCUT2D eigenvalue weighted by Gasteiger charge is 2.25. The molecule has 0 aromatic carbocycles. The normalized spacial score (nSPS) is 29.5. The third kappa shape index (κ3) is 3.20. The molecule has 2 fully saturated rings. The Bertz CT molecular complexity index is 376. The number of halogens is 1. The van der Waals surface area contributed by atoms with Crippen LogP contribution in [-0.4, -0.2) is 74.5 Å². The van der Waals surface area contributed by atoms with E-state index in [4.69, 9.17) is 26.1 Å². The third-order valence-corrected chi connectivity index (χ3v) is 3.72. The van der Waals surface area contributed by atoms with Crippen molar-refractivity contribution in [1.82, 2.24) is 15.1 Å². The number of nitrogens with one attached hydrogen (secondary N) is 1. The molecule has 3 rings (SSSR count). The smallest absolute Gasteiger partial charge is 0.179 e. The van der Waals surface area contributed by atoms with Crippen LogP contribution in [0.1, 0.15) is 0 Å². The molecule has 0 spiro atoms. The van der Waals surface area contributed by atoms with E-state index in [9.17, 15) is 0 Å². The number of aliphatic imine (C=N–C) groups is 1. The van der Waals surface area contributed by atoms with Crippen LogP contribution in [0.15, 0.2) is 16.2 Å². The Morgan fingerprint density at radius 1 is 1.11 bits per heavy atom. The van der Waals surface area contributed by atoms with Crippen molar-refractivity contribution in [2.75, 3.05) is 52.6 Å². The minimum absolute atomic E-state index is 0.0840. The standard InChI is InChI=1S/C12H19ClN4O2/c13-10-9-11(16-1-5-18-6-2-16)15-12(14-10)17-3-7-19-8-4-17/h9,12,14H,1-8H2. The van der Waals surface area contributed by atoms with Gasteiger partial charge in [-0.25, -0.2) is 4.99 Å². The van der Waals surface area contributed by atoms with E-state index in [0.29, 0.717) is 5.16 Å². The Hall–Kier alpha value is -0.820. The third-order valence-electron chi connectivity index (χ3n) is 3.50. The summed E-state index contributed by atoms with van der Waals surface area (Å²) < 4.78 is 10.7. The molecule has 0 radical (unpaired) electrons. The molecule has 0 aliphatic carbocycles. The van der Waals surface area contributed by atoms with Crippen LogP contribution in [-0.2, 0) is 9.47 Å². The molecule has 1 N–H and O–H groups in total. The van der Waals surface area contributed by atoms with Crippen molar-refractivity contribution in [3.05, 3.63) is 11.2 Å². The molecular weight excluding hydrogens is 268 g/mol. The van der Waals surface area contributed by atoms with Gasteiger partial charge in [0.25, 0.3) is 0 Å². The van der Waals surface area contributed by atoms with Gasteiger partial charge in [0.15, 0.2) is 6.29 Å². The SMILES string of the molecule is ClC1=CC(N2CCOCC2)=NC(N2CCOCC2)N1. The maximum Gasteiger partial charge on any atom is 0.179 e. The van der Waals surface area contributed by atoms with Crippen LogP contribution in [0.5, 0.6) is 0 Å². The van der Waals surface area contributed by atoms with Gasteiger partial charge in [0.1, 0.15) is 11.0 Å². The lowest BCUT2D eigenvalue weighted by Gasteiger charge is -2.37. The molecule has 1 atom stereocenters. The van der Waals surface area contributed by atoms with Crippen LogP contribution in [0.25, 0.3) is 0 Å². The van der Waals surface area contributed by atoms with Crippen LogP contribution >= 0.6 is 11.6 Å². The van der Waals surface area contributed by atoms with E-state index >= 15 is 0 Å². The van der Waals surface area contributed by atoms with Gasteiger partial charge in [0.2, 0.25) is 0 Å². The molecule has 3 aliphatic heterocycles. The number of morpholine rings is 2. The molecule has 0 amide bonds. The summed E-state index contributed by atoms with van der Waals surface area (Å²) in [4.78, 5) is 9.24. The summed E-state index contributed by atoms with van der Waals surface area (Å²) in [6, 6.07) is 0. The number of hydrogen-bond donors (Lipinski definition) is 1. The Kier molecular flexibility index (Phi) is 4.22. The second kappa shape index (κ2) is 6.09. The zero-order chi connectivity index (χ0) is 13.1. The highest BCUT2D eigenvalue weighted by atomic mass is 35.5. The van der Waals surface area contributed by atoms with Crippen molar-refractivity contribution in [2.24, 2.45) is 4.99 Å². The molecule has 19 heavy (non-hydrogen) atoms. The van der Waals surface area contributed by atoms with Gasteiger partial charge in [-0.1, -0.05) is 11.6 Å². The highest BCUT2D eigenvalue weighted by molar-refractivity contribution is 6.31. The van der Waals surface area contributed by atoms with E-state index in [1.54, 1.807) is 0 Å². The topological polar surface area (TPSA) is 49.3 Å². The van der Waals surface area contributed by atoms with Gasteiger partial charge in [-0.3, -0.25) is 4.90 Å². The minimum atomic E-state index is -0.0840. The monoisotopic (exact) mass is 286 g/mol. The fourth-order valence-corrected chi connectivity index (χ4v) is 2.63. The zero-order valence-electron chi connectivity index (χ0n) is 10.8.